The van der Waals surface area contributed by atoms with Gasteiger partial charge in [0.05, 0.1) is 24.1 Å². The fourth-order valence-corrected chi connectivity index (χ4v) is 2.13. The van der Waals surface area contributed by atoms with Crippen molar-refractivity contribution in [1.82, 2.24) is 9.99 Å². The Morgan fingerprint density at radius 2 is 1.90 bits per heavy atom. The molecule has 0 aliphatic heterocycles. The molecule has 5 nitrogen and oxygen atoms in total. The van der Waals surface area contributed by atoms with E-state index in [0.717, 1.165) is 11.3 Å². The number of likely N-dealkylation sites (N-methyl/N-ethyl adjacent to an activating group) is 1. The summed E-state index contributed by atoms with van der Waals surface area (Å²) in [7, 11) is 1.62. The Balaban J connectivity index is 2.25. The van der Waals surface area contributed by atoms with E-state index in [1.165, 1.54) is 5.01 Å². The van der Waals surface area contributed by atoms with E-state index in [1.54, 1.807) is 13.2 Å². The lowest BCUT2D eigenvalue weighted by Gasteiger charge is -2.30. The van der Waals surface area contributed by atoms with Gasteiger partial charge in [0.2, 0.25) is 0 Å². The van der Waals surface area contributed by atoms with Crippen LogP contribution in [0.4, 0.5) is 0 Å². The van der Waals surface area contributed by atoms with Crippen molar-refractivity contribution in [1.29, 1.82) is 0 Å². The molecule has 1 atom stereocenters. The minimum atomic E-state index is -0.660. The highest BCUT2D eigenvalue weighted by molar-refractivity contribution is 5.31. The van der Waals surface area contributed by atoms with Crippen molar-refractivity contribution in [2.75, 3.05) is 20.2 Å². The summed E-state index contributed by atoms with van der Waals surface area (Å²) in [6.45, 7) is 2.79. The van der Waals surface area contributed by atoms with Crippen molar-refractivity contribution in [3.63, 3.8) is 0 Å². The summed E-state index contributed by atoms with van der Waals surface area (Å²) in [5.74, 6) is 0. The van der Waals surface area contributed by atoms with E-state index in [4.69, 9.17) is 4.74 Å². The van der Waals surface area contributed by atoms with Gasteiger partial charge >= 0.3 is 0 Å². The number of aromatic nitrogens is 1. The van der Waals surface area contributed by atoms with Crippen molar-refractivity contribution in [2.24, 2.45) is 5.29 Å². The first kappa shape index (κ1) is 15.1. The van der Waals surface area contributed by atoms with Gasteiger partial charge < -0.3 is 4.74 Å². The van der Waals surface area contributed by atoms with E-state index in [0.29, 0.717) is 13.2 Å². The molecule has 2 aromatic rings. The van der Waals surface area contributed by atoms with Crippen molar-refractivity contribution in [3.8, 4) is 0 Å². The van der Waals surface area contributed by atoms with Crippen LogP contribution < -0.4 is 0 Å². The molecule has 0 radical (unpaired) electrons. The zero-order chi connectivity index (χ0) is 15.1. The molecule has 0 N–H and O–H groups in total. The molecule has 0 saturated carbocycles. The van der Waals surface area contributed by atoms with E-state index >= 15 is 0 Å². The minimum absolute atomic E-state index is 0.379. The Labute approximate surface area is 124 Å². The Morgan fingerprint density at radius 3 is 2.52 bits per heavy atom. The predicted molar refractivity (Wildman–Crippen MR) is 81.5 cm³/mol. The molecule has 1 aromatic heterocycles. The first-order chi connectivity index (χ1) is 10.2. The summed E-state index contributed by atoms with van der Waals surface area (Å²) in [5, 5.41) is 4.15. The van der Waals surface area contributed by atoms with E-state index in [-0.39, 0.29) is 0 Å². The van der Waals surface area contributed by atoms with Gasteiger partial charge in [-0.25, -0.2) is 0 Å². The summed E-state index contributed by atoms with van der Waals surface area (Å²) >= 11 is 0. The third-order valence-corrected chi connectivity index (χ3v) is 3.42. The second-order valence-electron chi connectivity index (χ2n) is 4.93. The lowest BCUT2D eigenvalue weighted by atomic mass is 9.91. The van der Waals surface area contributed by atoms with Gasteiger partial charge in [-0.3, -0.25) is 9.99 Å². The summed E-state index contributed by atoms with van der Waals surface area (Å²) in [4.78, 5) is 14.8. The highest BCUT2D eigenvalue weighted by Crippen LogP contribution is 2.31. The Kier molecular flexibility index (Phi) is 5.00. The number of hydrogen-bond donors (Lipinski definition) is 0. The molecule has 0 aliphatic carbocycles. The normalized spacial score (nSPS) is 13.4. The SMILES string of the molecule is CN(CCOC(C)(c1ccccc1)c1ccccn1)N=O. The standard InChI is InChI=1S/C16H19N3O2/c1-16(14-8-4-3-5-9-14,15-10-6-7-11-17-15)21-13-12-19(2)18-20/h3-11H,12-13H2,1-2H3. The van der Waals surface area contributed by atoms with E-state index in [9.17, 15) is 4.91 Å². The number of rotatable bonds is 7. The monoisotopic (exact) mass is 285 g/mol. The lowest BCUT2D eigenvalue weighted by molar-refractivity contribution is -0.0150. The van der Waals surface area contributed by atoms with Crippen molar-refractivity contribution in [2.45, 2.75) is 12.5 Å². The number of pyridine rings is 1. The van der Waals surface area contributed by atoms with Gasteiger partial charge in [0.15, 0.2) is 0 Å². The molecular weight excluding hydrogens is 266 g/mol. The Hall–Kier alpha value is -2.27. The van der Waals surface area contributed by atoms with Crippen molar-refractivity contribution >= 4 is 0 Å². The van der Waals surface area contributed by atoms with Crippen LogP contribution in [0.2, 0.25) is 0 Å². The maximum atomic E-state index is 10.4. The van der Waals surface area contributed by atoms with Gasteiger partial charge in [-0.05, 0) is 24.6 Å². The molecule has 1 aromatic carbocycles. The Morgan fingerprint density at radius 1 is 1.19 bits per heavy atom. The van der Waals surface area contributed by atoms with Gasteiger partial charge in [-0.15, -0.1) is 4.91 Å². The highest BCUT2D eigenvalue weighted by atomic mass is 16.5. The Bertz CT molecular complexity index is 521. The largest absolute Gasteiger partial charge is 0.362 e. The molecule has 0 fully saturated rings. The lowest BCUT2D eigenvalue weighted by Crippen LogP contribution is -2.31. The van der Waals surface area contributed by atoms with Crippen molar-refractivity contribution in [3.05, 3.63) is 70.9 Å². The minimum Gasteiger partial charge on any atom is -0.362 e. The highest BCUT2D eigenvalue weighted by Gasteiger charge is 2.31. The molecule has 1 heterocycles. The molecule has 21 heavy (non-hydrogen) atoms. The van der Waals surface area contributed by atoms with Crippen LogP contribution in [0, 0.1) is 4.91 Å². The van der Waals surface area contributed by atoms with Crippen LogP contribution in [-0.2, 0) is 10.3 Å². The molecule has 0 aliphatic rings. The number of hydrogen-bond acceptors (Lipinski definition) is 4. The number of nitroso groups, excluding NO2 is 1. The first-order valence-electron chi connectivity index (χ1n) is 6.82. The fraction of sp³-hybridized carbons (Fsp3) is 0.312. The van der Waals surface area contributed by atoms with Crippen LogP contribution in [0.1, 0.15) is 18.2 Å². The van der Waals surface area contributed by atoms with Crippen molar-refractivity contribution < 1.29 is 4.74 Å². The smallest absolute Gasteiger partial charge is 0.132 e. The molecule has 0 amide bonds. The molecule has 110 valence electrons. The van der Waals surface area contributed by atoms with Gasteiger partial charge in [-0.2, -0.15) is 0 Å². The zero-order valence-electron chi connectivity index (χ0n) is 12.3. The maximum Gasteiger partial charge on any atom is 0.132 e. The first-order valence-corrected chi connectivity index (χ1v) is 6.82. The summed E-state index contributed by atoms with van der Waals surface area (Å²) in [5.41, 5.74) is 1.19. The summed E-state index contributed by atoms with van der Waals surface area (Å²) < 4.78 is 6.07. The average molecular weight is 285 g/mol. The van der Waals surface area contributed by atoms with Gasteiger partial charge in [0, 0.05) is 13.2 Å². The fourth-order valence-electron chi connectivity index (χ4n) is 2.13. The second kappa shape index (κ2) is 6.95. The third kappa shape index (κ3) is 3.64. The van der Waals surface area contributed by atoms with Crippen LogP contribution in [0.25, 0.3) is 0 Å². The van der Waals surface area contributed by atoms with Gasteiger partial charge in [-0.1, -0.05) is 36.4 Å². The molecule has 0 saturated heterocycles. The number of benzene rings is 1. The second-order valence-corrected chi connectivity index (χ2v) is 4.93. The van der Waals surface area contributed by atoms with E-state index in [2.05, 4.69) is 10.3 Å². The van der Waals surface area contributed by atoms with E-state index in [1.807, 2.05) is 55.5 Å². The summed E-state index contributed by atoms with van der Waals surface area (Å²) in [6.07, 6.45) is 1.75. The van der Waals surface area contributed by atoms with Crippen LogP contribution in [-0.4, -0.2) is 30.2 Å². The molecular formula is C16H19N3O2. The van der Waals surface area contributed by atoms with Gasteiger partial charge in [0.1, 0.15) is 5.60 Å². The van der Waals surface area contributed by atoms with E-state index < -0.39 is 5.60 Å². The number of ether oxygens (including phenoxy) is 1. The third-order valence-electron chi connectivity index (χ3n) is 3.42. The molecule has 0 bridgehead atoms. The topological polar surface area (TPSA) is 54.8 Å². The molecule has 0 spiro atoms. The average Bonchev–Trinajstić information content (AvgIpc) is 2.56. The predicted octanol–water partition coefficient (Wildman–Crippen LogP) is 2.97. The quantitative estimate of drug-likeness (QED) is 0.579. The molecule has 2 rings (SSSR count). The van der Waals surface area contributed by atoms with Crippen LogP contribution in [0.3, 0.4) is 0 Å². The van der Waals surface area contributed by atoms with Crippen LogP contribution >= 0.6 is 0 Å². The van der Waals surface area contributed by atoms with Crippen LogP contribution in [0.15, 0.2) is 60.0 Å². The summed E-state index contributed by atoms with van der Waals surface area (Å²) in [6, 6.07) is 15.7. The maximum absolute atomic E-state index is 10.4. The van der Waals surface area contributed by atoms with Gasteiger partial charge in [0.25, 0.3) is 0 Å². The zero-order valence-corrected chi connectivity index (χ0v) is 12.3. The number of nitrogens with zero attached hydrogens (tertiary/aromatic N) is 3. The molecule has 5 heteroatoms. The molecule has 1 unspecified atom stereocenters. The van der Waals surface area contributed by atoms with Crippen LogP contribution in [0.5, 0.6) is 0 Å².